The van der Waals surface area contributed by atoms with E-state index in [0.29, 0.717) is 0 Å². The maximum absolute atomic E-state index is 4.95. The average Bonchev–Trinajstić information content (AvgIpc) is 2.72. The Bertz CT molecular complexity index is 1130. The van der Waals surface area contributed by atoms with Crippen LogP contribution in [-0.4, -0.2) is 43.7 Å². The zero-order chi connectivity index (χ0) is 20.3. The predicted octanol–water partition coefficient (Wildman–Crippen LogP) is 6.53. The smallest absolute Gasteiger partial charge is 0.0781 e. The first-order chi connectivity index (χ1) is 14.0. The van der Waals surface area contributed by atoms with E-state index in [9.17, 15) is 0 Å². The van der Waals surface area contributed by atoms with Crippen molar-refractivity contribution in [3.05, 3.63) is 72.8 Å². The third-order valence-electron chi connectivity index (χ3n) is 5.33. The van der Waals surface area contributed by atoms with Crippen molar-refractivity contribution >= 4 is 44.3 Å². The Hall–Kier alpha value is -2.43. The van der Waals surface area contributed by atoms with Crippen LogP contribution in [0.25, 0.3) is 32.9 Å². The largest absolute Gasteiger partial charge is 0.384 e. The summed E-state index contributed by atoms with van der Waals surface area (Å²) in [4.78, 5) is 4.95. The minimum absolute atomic E-state index is 0. The average molecular weight is 465 g/mol. The van der Waals surface area contributed by atoms with E-state index in [1.54, 1.807) is 0 Å². The summed E-state index contributed by atoms with van der Waals surface area (Å²) in [6, 6.07) is 25.7. The number of quaternary nitrogens is 1. The summed E-state index contributed by atoms with van der Waals surface area (Å²) in [5.41, 5.74) is 4.38. The van der Waals surface area contributed by atoms with Crippen molar-refractivity contribution in [1.29, 1.82) is 0 Å². The highest BCUT2D eigenvalue weighted by Gasteiger charge is 2.09. The van der Waals surface area contributed by atoms with E-state index < -0.39 is 0 Å². The summed E-state index contributed by atoms with van der Waals surface area (Å²) < 4.78 is 1.02. The highest BCUT2D eigenvalue weighted by Crippen LogP contribution is 2.30. The zero-order valence-corrected chi connectivity index (χ0v) is 19.8. The van der Waals surface area contributed by atoms with Crippen LogP contribution in [0.3, 0.4) is 0 Å². The Balaban J connectivity index is 0.00000256. The molecule has 30 heavy (non-hydrogen) atoms. The number of anilines is 1. The minimum atomic E-state index is 0. The summed E-state index contributed by atoms with van der Waals surface area (Å²) in [7, 11) is 6.75. The van der Waals surface area contributed by atoms with Crippen LogP contribution in [-0.2, 0) is 0 Å². The van der Waals surface area contributed by atoms with Gasteiger partial charge in [-0.1, -0.05) is 54.6 Å². The molecule has 1 heterocycles. The van der Waals surface area contributed by atoms with Gasteiger partial charge in [0.25, 0.3) is 0 Å². The van der Waals surface area contributed by atoms with Gasteiger partial charge in [-0.3, -0.25) is 0 Å². The number of rotatable bonds is 7. The lowest BCUT2D eigenvalue weighted by atomic mass is 10.0. The minimum Gasteiger partial charge on any atom is -0.384 e. The molecule has 1 N–H and O–H groups in total. The van der Waals surface area contributed by atoms with Crippen LogP contribution in [0.5, 0.6) is 0 Å². The quantitative estimate of drug-likeness (QED) is 0.248. The third-order valence-corrected chi connectivity index (χ3v) is 5.33. The van der Waals surface area contributed by atoms with Gasteiger partial charge in [-0.15, -0.1) is 17.0 Å². The van der Waals surface area contributed by atoms with E-state index >= 15 is 0 Å². The normalized spacial score (nSPS) is 11.4. The molecule has 4 heteroatoms. The third kappa shape index (κ3) is 5.38. The van der Waals surface area contributed by atoms with Crippen LogP contribution in [0.15, 0.2) is 72.8 Å². The van der Waals surface area contributed by atoms with E-state index in [0.717, 1.165) is 34.2 Å². The van der Waals surface area contributed by atoms with Crippen LogP contribution in [0.4, 0.5) is 5.69 Å². The number of hydrogen-bond acceptors (Lipinski definition) is 2. The number of aromatic nitrogens is 1. The van der Waals surface area contributed by atoms with Crippen LogP contribution in [0.2, 0.25) is 0 Å². The number of hydrogen-bond donors (Lipinski definition) is 1. The SMILES string of the molecule is Br.C[N+](C)(C)CCCCNc1cc(-c2ccc3ccccc3c2)nc2ccccc12. The molecule has 156 valence electrons. The van der Waals surface area contributed by atoms with Gasteiger partial charge in [0.15, 0.2) is 0 Å². The van der Waals surface area contributed by atoms with Crippen molar-refractivity contribution in [2.24, 2.45) is 0 Å². The number of para-hydroxylation sites is 1. The van der Waals surface area contributed by atoms with E-state index in [4.69, 9.17) is 4.98 Å². The van der Waals surface area contributed by atoms with Crippen LogP contribution < -0.4 is 5.32 Å². The van der Waals surface area contributed by atoms with Crippen molar-refractivity contribution in [3.8, 4) is 11.3 Å². The number of benzene rings is 3. The summed E-state index contributed by atoms with van der Waals surface area (Å²) in [5.74, 6) is 0. The lowest BCUT2D eigenvalue weighted by molar-refractivity contribution is -0.870. The lowest BCUT2D eigenvalue weighted by Crippen LogP contribution is -2.35. The molecule has 0 amide bonds. The van der Waals surface area contributed by atoms with Crippen molar-refractivity contribution in [1.82, 2.24) is 4.98 Å². The topological polar surface area (TPSA) is 24.9 Å². The van der Waals surface area contributed by atoms with Gasteiger partial charge in [-0.05, 0) is 41.8 Å². The number of halogens is 1. The molecule has 0 radical (unpaired) electrons. The van der Waals surface area contributed by atoms with Crippen molar-refractivity contribution in [2.45, 2.75) is 12.8 Å². The Kier molecular flexibility index (Phi) is 7.11. The molecule has 0 saturated heterocycles. The molecule has 3 aromatic carbocycles. The molecule has 0 saturated carbocycles. The van der Waals surface area contributed by atoms with E-state index in [1.165, 1.54) is 34.8 Å². The number of fused-ring (bicyclic) bond motifs is 2. The molecular formula is C26H31BrN3+. The van der Waals surface area contributed by atoms with Crippen molar-refractivity contribution < 1.29 is 4.48 Å². The van der Waals surface area contributed by atoms with E-state index in [1.807, 2.05) is 0 Å². The Morgan fingerprint density at radius 1 is 0.800 bits per heavy atom. The number of pyridine rings is 1. The molecular weight excluding hydrogens is 434 g/mol. The Morgan fingerprint density at radius 3 is 2.33 bits per heavy atom. The number of unbranched alkanes of at least 4 members (excludes halogenated alkanes) is 1. The van der Waals surface area contributed by atoms with Crippen molar-refractivity contribution in [2.75, 3.05) is 39.5 Å². The molecule has 0 bridgehead atoms. The number of nitrogens with one attached hydrogen (secondary N) is 1. The van der Waals surface area contributed by atoms with E-state index in [2.05, 4.69) is 99.3 Å². The summed E-state index contributed by atoms with van der Waals surface area (Å²) in [6.45, 7) is 2.17. The van der Waals surface area contributed by atoms with Gasteiger partial charge in [0.05, 0.1) is 38.9 Å². The van der Waals surface area contributed by atoms with E-state index in [-0.39, 0.29) is 17.0 Å². The molecule has 4 aromatic rings. The van der Waals surface area contributed by atoms with Gasteiger partial charge < -0.3 is 9.80 Å². The van der Waals surface area contributed by atoms with Crippen LogP contribution in [0.1, 0.15) is 12.8 Å². The Morgan fingerprint density at radius 2 is 1.53 bits per heavy atom. The highest BCUT2D eigenvalue weighted by molar-refractivity contribution is 8.93. The fourth-order valence-corrected chi connectivity index (χ4v) is 3.75. The van der Waals surface area contributed by atoms with Gasteiger partial charge in [0.1, 0.15) is 0 Å². The number of nitrogens with zero attached hydrogens (tertiary/aromatic N) is 2. The molecule has 0 aliphatic rings. The van der Waals surface area contributed by atoms with Gasteiger partial charge in [-0.2, -0.15) is 0 Å². The second kappa shape index (κ2) is 9.59. The second-order valence-corrected chi connectivity index (χ2v) is 8.78. The van der Waals surface area contributed by atoms with Crippen LogP contribution >= 0.6 is 17.0 Å². The summed E-state index contributed by atoms with van der Waals surface area (Å²) >= 11 is 0. The molecule has 0 spiro atoms. The highest BCUT2D eigenvalue weighted by atomic mass is 79.9. The molecule has 0 aliphatic carbocycles. The van der Waals surface area contributed by atoms with Crippen LogP contribution in [0, 0.1) is 0 Å². The lowest BCUT2D eigenvalue weighted by Gasteiger charge is -2.23. The van der Waals surface area contributed by atoms with Gasteiger partial charge in [0.2, 0.25) is 0 Å². The monoisotopic (exact) mass is 464 g/mol. The molecule has 4 rings (SSSR count). The molecule has 0 atom stereocenters. The first-order valence-corrected chi connectivity index (χ1v) is 10.4. The first-order valence-electron chi connectivity index (χ1n) is 10.4. The van der Waals surface area contributed by atoms with Gasteiger partial charge >= 0.3 is 0 Å². The molecule has 0 aliphatic heterocycles. The summed E-state index contributed by atoms with van der Waals surface area (Å²) in [5, 5.41) is 7.36. The first kappa shape index (κ1) is 22.3. The van der Waals surface area contributed by atoms with Gasteiger partial charge in [0, 0.05) is 23.2 Å². The predicted molar refractivity (Wildman–Crippen MR) is 136 cm³/mol. The van der Waals surface area contributed by atoms with Gasteiger partial charge in [-0.25, -0.2) is 4.98 Å². The molecule has 0 fully saturated rings. The maximum Gasteiger partial charge on any atom is 0.0781 e. The standard InChI is InChI=1S/C26H30N3.BrH/c1-29(2,3)17-9-8-16-27-26-19-25(28-24-13-7-6-12-23(24)26)22-15-14-20-10-4-5-11-21(20)18-22;/h4-7,10-15,18-19H,8-9,16-17H2,1-3H3,(H,27,28);1H/q+1;. The maximum atomic E-state index is 4.95. The Labute approximate surface area is 190 Å². The zero-order valence-electron chi connectivity index (χ0n) is 18.1. The fourth-order valence-electron chi connectivity index (χ4n) is 3.75. The fraction of sp³-hybridized carbons (Fsp3) is 0.269. The molecule has 3 nitrogen and oxygen atoms in total. The molecule has 1 aromatic heterocycles. The second-order valence-electron chi connectivity index (χ2n) is 8.78. The molecule has 0 unspecified atom stereocenters. The summed E-state index contributed by atoms with van der Waals surface area (Å²) in [6.07, 6.45) is 2.38. The van der Waals surface area contributed by atoms with Crippen molar-refractivity contribution in [3.63, 3.8) is 0 Å².